The molecule has 1 atom stereocenters. The Morgan fingerprint density at radius 1 is 1.45 bits per heavy atom. The Kier molecular flexibility index (Phi) is 3.94. The third-order valence-electron chi connectivity index (χ3n) is 3.77. The molecule has 2 heterocycles. The smallest absolute Gasteiger partial charge is 0.234 e. The molecule has 2 aromatic rings. The van der Waals surface area contributed by atoms with Gasteiger partial charge in [-0.1, -0.05) is 25.1 Å². The number of para-hydroxylation sites is 1. The number of nitrogens with zero attached hydrogens (tertiary/aromatic N) is 1. The van der Waals surface area contributed by atoms with Gasteiger partial charge in [0.15, 0.2) is 5.13 Å². The molecule has 1 aliphatic heterocycles. The Morgan fingerprint density at radius 2 is 2.23 bits per heavy atom. The van der Waals surface area contributed by atoms with Crippen molar-refractivity contribution in [3.63, 3.8) is 0 Å². The van der Waals surface area contributed by atoms with Crippen LogP contribution in [0.3, 0.4) is 0 Å². The SMILES string of the molecule is CCc1nc(NC(=O)C2CC(=O)Nc3ccccc32)sc1C. The molecular formula is C16H17N3O2S. The van der Waals surface area contributed by atoms with Crippen molar-refractivity contribution in [2.75, 3.05) is 10.6 Å². The first-order valence-electron chi connectivity index (χ1n) is 7.24. The van der Waals surface area contributed by atoms with Gasteiger partial charge in [0.05, 0.1) is 11.6 Å². The number of carbonyl (C=O) groups excluding carboxylic acids is 2. The first-order valence-corrected chi connectivity index (χ1v) is 8.06. The van der Waals surface area contributed by atoms with Gasteiger partial charge in [0.25, 0.3) is 0 Å². The van der Waals surface area contributed by atoms with Crippen molar-refractivity contribution in [3.05, 3.63) is 40.4 Å². The monoisotopic (exact) mass is 315 g/mol. The number of hydrogen-bond acceptors (Lipinski definition) is 4. The molecule has 0 saturated carbocycles. The predicted octanol–water partition coefficient (Wildman–Crippen LogP) is 3.08. The van der Waals surface area contributed by atoms with E-state index in [1.54, 1.807) is 0 Å². The van der Waals surface area contributed by atoms with Gasteiger partial charge in [-0.15, -0.1) is 11.3 Å². The van der Waals surface area contributed by atoms with Crippen LogP contribution in [0.4, 0.5) is 10.8 Å². The molecule has 1 aromatic carbocycles. The summed E-state index contributed by atoms with van der Waals surface area (Å²) in [5.41, 5.74) is 2.56. The van der Waals surface area contributed by atoms with E-state index in [9.17, 15) is 9.59 Å². The quantitative estimate of drug-likeness (QED) is 0.914. The van der Waals surface area contributed by atoms with Crippen LogP contribution in [0.25, 0.3) is 0 Å². The van der Waals surface area contributed by atoms with Crippen LogP contribution >= 0.6 is 11.3 Å². The molecule has 0 radical (unpaired) electrons. The van der Waals surface area contributed by atoms with Crippen LogP contribution in [-0.4, -0.2) is 16.8 Å². The van der Waals surface area contributed by atoms with Gasteiger partial charge in [0.2, 0.25) is 11.8 Å². The van der Waals surface area contributed by atoms with Crippen molar-refractivity contribution in [2.24, 2.45) is 0 Å². The van der Waals surface area contributed by atoms with Crippen molar-refractivity contribution in [2.45, 2.75) is 32.6 Å². The molecule has 0 aliphatic carbocycles. The van der Waals surface area contributed by atoms with Crippen LogP contribution in [0.15, 0.2) is 24.3 Å². The fourth-order valence-corrected chi connectivity index (χ4v) is 3.55. The molecule has 1 aliphatic rings. The van der Waals surface area contributed by atoms with Gasteiger partial charge in [-0.25, -0.2) is 4.98 Å². The first-order chi connectivity index (χ1) is 10.6. The summed E-state index contributed by atoms with van der Waals surface area (Å²) in [5, 5.41) is 6.26. The van der Waals surface area contributed by atoms with Crippen LogP contribution in [0, 0.1) is 6.92 Å². The number of carbonyl (C=O) groups is 2. The Hall–Kier alpha value is -2.21. The number of benzene rings is 1. The standard InChI is InChI=1S/C16H17N3O2S/c1-3-12-9(2)22-16(18-12)19-15(21)11-8-14(20)17-13-7-5-4-6-10(11)13/h4-7,11H,3,8H2,1-2H3,(H,17,20)(H,18,19,21). The van der Waals surface area contributed by atoms with Crippen LogP contribution in [-0.2, 0) is 16.0 Å². The highest BCUT2D eigenvalue weighted by atomic mass is 32.1. The Labute approximate surface area is 132 Å². The second-order valence-electron chi connectivity index (χ2n) is 5.26. The van der Waals surface area contributed by atoms with E-state index < -0.39 is 5.92 Å². The number of nitrogens with one attached hydrogen (secondary N) is 2. The van der Waals surface area contributed by atoms with Crippen molar-refractivity contribution in [3.8, 4) is 0 Å². The van der Waals surface area contributed by atoms with E-state index in [1.807, 2.05) is 38.1 Å². The Morgan fingerprint density at radius 3 is 2.95 bits per heavy atom. The van der Waals surface area contributed by atoms with Gasteiger partial charge in [-0.2, -0.15) is 0 Å². The number of aryl methyl sites for hydroxylation is 2. The minimum atomic E-state index is -0.473. The van der Waals surface area contributed by atoms with Crippen LogP contribution in [0.1, 0.15) is 35.4 Å². The maximum atomic E-state index is 12.6. The van der Waals surface area contributed by atoms with Crippen molar-refractivity contribution < 1.29 is 9.59 Å². The lowest BCUT2D eigenvalue weighted by Gasteiger charge is -2.24. The second-order valence-corrected chi connectivity index (χ2v) is 6.46. The van der Waals surface area contributed by atoms with Crippen LogP contribution in [0.5, 0.6) is 0 Å². The summed E-state index contributed by atoms with van der Waals surface area (Å²) in [7, 11) is 0. The normalized spacial score (nSPS) is 16.8. The van der Waals surface area contributed by atoms with Crippen molar-refractivity contribution in [1.82, 2.24) is 4.98 Å². The molecule has 0 bridgehead atoms. The lowest BCUT2D eigenvalue weighted by molar-refractivity contribution is -0.123. The highest BCUT2D eigenvalue weighted by Crippen LogP contribution is 2.33. The number of anilines is 2. The molecular weight excluding hydrogens is 298 g/mol. The van der Waals surface area contributed by atoms with Crippen LogP contribution in [0.2, 0.25) is 0 Å². The minimum absolute atomic E-state index is 0.136. The van der Waals surface area contributed by atoms with Gasteiger partial charge in [-0.05, 0) is 25.0 Å². The lowest BCUT2D eigenvalue weighted by Crippen LogP contribution is -2.30. The summed E-state index contributed by atoms with van der Waals surface area (Å²) >= 11 is 1.47. The molecule has 3 rings (SSSR count). The predicted molar refractivity (Wildman–Crippen MR) is 87.3 cm³/mol. The summed E-state index contributed by atoms with van der Waals surface area (Å²) in [5.74, 6) is -0.790. The van der Waals surface area contributed by atoms with Gasteiger partial charge in [0, 0.05) is 17.0 Å². The fraction of sp³-hybridized carbons (Fsp3) is 0.312. The number of hydrogen-bond donors (Lipinski definition) is 2. The molecule has 0 spiro atoms. The van der Waals surface area contributed by atoms with Crippen molar-refractivity contribution >= 4 is 34.0 Å². The van der Waals surface area contributed by atoms with E-state index in [0.717, 1.165) is 22.6 Å². The summed E-state index contributed by atoms with van der Waals surface area (Å²) in [4.78, 5) is 29.9. The molecule has 1 unspecified atom stereocenters. The first kappa shape index (κ1) is 14.7. The maximum Gasteiger partial charge on any atom is 0.234 e. The molecule has 6 heteroatoms. The molecule has 114 valence electrons. The zero-order chi connectivity index (χ0) is 15.7. The molecule has 5 nitrogen and oxygen atoms in total. The van der Waals surface area contributed by atoms with Gasteiger partial charge >= 0.3 is 0 Å². The summed E-state index contributed by atoms with van der Waals surface area (Å²) < 4.78 is 0. The van der Waals surface area contributed by atoms with Crippen molar-refractivity contribution in [1.29, 1.82) is 0 Å². The average Bonchev–Trinajstić information content (AvgIpc) is 2.85. The maximum absolute atomic E-state index is 12.6. The number of fused-ring (bicyclic) bond motifs is 1. The van der Waals surface area contributed by atoms with E-state index >= 15 is 0 Å². The number of rotatable bonds is 3. The van der Waals surface area contributed by atoms with E-state index in [4.69, 9.17) is 0 Å². The zero-order valence-electron chi connectivity index (χ0n) is 12.5. The topological polar surface area (TPSA) is 71.1 Å². The molecule has 1 aromatic heterocycles. The number of thiazole rings is 1. The lowest BCUT2D eigenvalue weighted by atomic mass is 9.90. The third kappa shape index (κ3) is 2.74. The van der Waals surface area contributed by atoms with Gasteiger partial charge < -0.3 is 10.6 Å². The highest BCUT2D eigenvalue weighted by molar-refractivity contribution is 7.15. The molecule has 22 heavy (non-hydrogen) atoms. The molecule has 2 amide bonds. The van der Waals surface area contributed by atoms with Crippen LogP contribution < -0.4 is 10.6 Å². The minimum Gasteiger partial charge on any atom is -0.326 e. The largest absolute Gasteiger partial charge is 0.326 e. The highest BCUT2D eigenvalue weighted by Gasteiger charge is 2.30. The summed E-state index contributed by atoms with van der Waals surface area (Å²) in [6, 6.07) is 7.41. The molecule has 2 N–H and O–H groups in total. The fourth-order valence-electron chi connectivity index (χ4n) is 2.65. The van der Waals surface area contributed by atoms with E-state index in [0.29, 0.717) is 10.8 Å². The summed E-state index contributed by atoms with van der Waals surface area (Å²) in [6.07, 6.45) is 1.00. The summed E-state index contributed by atoms with van der Waals surface area (Å²) in [6.45, 7) is 4.03. The third-order valence-corrected chi connectivity index (χ3v) is 4.70. The molecule has 0 saturated heterocycles. The van der Waals surface area contributed by atoms with E-state index in [-0.39, 0.29) is 18.2 Å². The van der Waals surface area contributed by atoms with E-state index in [2.05, 4.69) is 15.6 Å². The van der Waals surface area contributed by atoms with Gasteiger partial charge in [-0.3, -0.25) is 9.59 Å². The second kappa shape index (κ2) is 5.88. The average molecular weight is 315 g/mol. The number of aromatic nitrogens is 1. The Bertz CT molecular complexity index is 739. The van der Waals surface area contributed by atoms with Gasteiger partial charge in [0.1, 0.15) is 0 Å². The van der Waals surface area contributed by atoms with E-state index in [1.165, 1.54) is 11.3 Å². The Balaban J connectivity index is 1.84. The zero-order valence-corrected chi connectivity index (χ0v) is 13.3. The number of amides is 2. The molecule has 0 fully saturated rings.